The van der Waals surface area contributed by atoms with Gasteiger partial charge in [-0.2, -0.15) is 13.2 Å². The Labute approximate surface area is 142 Å². The molecule has 2 aliphatic rings. The molecule has 0 bridgehead atoms. The molecule has 2 aliphatic heterocycles. The first-order chi connectivity index (χ1) is 12.0. The number of hydrogen-bond donors (Lipinski definition) is 0. The van der Waals surface area contributed by atoms with Crippen LogP contribution in [0.2, 0.25) is 0 Å². The fourth-order valence-corrected chi connectivity index (χ4v) is 3.63. The van der Waals surface area contributed by atoms with Crippen molar-refractivity contribution in [3.05, 3.63) is 48.0 Å². The number of ether oxygens (including phenoxy) is 1. The van der Waals surface area contributed by atoms with E-state index in [2.05, 4.69) is 15.0 Å². The van der Waals surface area contributed by atoms with Crippen molar-refractivity contribution in [2.45, 2.75) is 30.5 Å². The summed E-state index contributed by atoms with van der Waals surface area (Å²) in [6.07, 6.45) is 1.85. The summed E-state index contributed by atoms with van der Waals surface area (Å²) in [4.78, 5) is 13.6. The molecule has 2 fully saturated rings. The van der Waals surface area contributed by atoms with Gasteiger partial charge in [0.1, 0.15) is 5.69 Å². The number of hydrogen-bond acceptors (Lipinski definition) is 5. The fraction of sp³-hybridized carbons (Fsp3) is 0.471. The second-order valence-electron chi connectivity index (χ2n) is 6.59. The summed E-state index contributed by atoms with van der Waals surface area (Å²) < 4.78 is 44.6. The van der Waals surface area contributed by atoms with Crippen molar-refractivity contribution in [1.29, 1.82) is 0 Å². The van der Waals surface area contributed by atoms with Crippen LogP contribution >= 0.6 is 0 Å². The van der Waals surface area contributed by atoms with Crippen molar-refractivity contribution >= 4 is 5.95 Å². The van der Waals surface area contributed by atoms with Crippen LogP contribution in [0, 0.1) is 0 Å². The third-order valence-electron chi connectivity index (χ3n) is 4.90. The van der Waals surface area contributed by atoms with Crippen LogP contribution in [0.3, 0.4) is 0 Å². The van der Waals surface area contributed by atoms with Gasteiger partial charge in [-0.05, 0) is 30.5 Å². The van der Waals surface area contributed by atoms with Crippen molar-refractivity contribution in [2.75, 3.05) is 24.6 Å². The highest BCUT2D eigenvalue weighted by atomic mass is 19.4. The fourth-order valence-electron chi connectivity index (χ4n) is 3.63. The van der Waals surface area contributed by atoms with E-state index >= 15 is 0 Å². The molecule has 0 aromatic carbocycles. The zero-order valence-corrected chi connectivity index (χ0v) is 13.4. The van der Waals surface area contributed by atoms with Gasteiger partial charge < -0.3 is 9.64 Å². The van der Waals surface area contributed by atoms with E-state index in [4.69, 9.17) is 4.74 Å². The Hall–Kier alpha value is -2.22. The average molecular weight is 350 g/mol. The molecule has 0 N–H and O–H groups in total. The summed E-state index contributed by atoms with van der Waals surface area (Å²) in [7, 11) is 0. The van der Waals surface area contributed by atoms with Crippen LogP contribution in [0.15, 0.2) is 36.8 Å². The van der Waals surface area contributed by atoms with Crippen LogP contribution in [0.5, 0.6) is 0 Å². The molecule has 0 radical (unpaired) electrons. The van der Waals surface area contributed by atoms with Gasteiger partial charge in [-0.1, -0.05) is 6.07 Å². The zero-order chi connectivity index (χ0) is 17.5. The van der Waals surface area contributed by atoms with Crippen molar-refractivity contribution in [3.63, 3.8) is 0 Å². The lowest BCUT2D eigenvalue weighted by molar-refractivity contribution is -0.141. The number of aromatic nitrogens is 3. The number of rotatable bonds is 2. The summed E-state index contributed by atoms with van der Waals surface area (Å²) in [5, 5.41) is 0. The van der Waals surface area contributed by atoms with Crippen molar-refractivity contribution in [2.24, 2.45) is 0 Å². The highest BCUT2D eigenvalue weighted by Gasteiger charge is 2.46. The van der Waals surface area contributed by atoms with Crippen molar-refractivity contribution < 1.29 is 17.9 Å². The molecule has 0 aliphatic carbocycles. The molecule has 2 saturated heterocycles. The lowest BCUT2D eigenvalue weighted by Gasteiger charge is -2.23. The van der Waals surface area contributed by atoms with Gasteiger partial charge in [-0.15, -0.1) is 0 Å². The normalized spacial score (nSPS) is 26.5. The van der Waals surface area contributed by atoms with E-state index in [0.717, 1.165) is 30.7 Å². The minimum absolute atomic E-state index is 0.111. The van der Waals surface area contributed by atoms with Gasteiger partial charge in [-0.3, -0.25) is 4.98 Å². The third kappa shape index (κ3) is 3.18. The average Bonchev–Trinajstić information content (AvgIpc) is 3.23. The standard InChI is InChI=1S/C17H17F3N4O/c18-17(19,20)14-3-6-22-15(23-14)24-7-4-16(11-24)8-13(10-25-16)12-2-1-5-21-9-12/h1-3,5-6,9,13H,4,7-8,10-11H2. The molecule has 2 aromatic heterocycles. The maximum atomic E-state index is 12.8. The Kier molecular flexibility index (Phi) is 3.87. The number of pyridine rings is 1. The van der Waals surface area contributed by atoms with Gasteiger partial charge in [0, 0.05) is 37.6 Å². The van der Waals surface area contributed by atoms with Crippen molar-refractivity contribution in [1.82, 2.24) is 15.0 Å². The van der Waals surface area contributed by atoms with E-state index < -0.39 is 11.9 Å². The van der Waals surface area contributed by atoms with Gasteiger partial charge in [0.15, 0.2) is 0 Å². The molecule has 2 unspecified atom stereocenters. The van der Waals surface area contributed by atoms with E-state index in [0.29, 0.717) is 19.7 Å². The molecule has 8 heteroatoms. The molecule has 1 spiro atoms. The van der Waals surface area contributed by atoms with Gasteiger partial charge in [0.2, 0.25) is 5.95 Å². The predicted molar refractivity (Wildman–Crippen MR) is 84.1 cm³/mol. The molecule has 132 valence electrons. The van der Waals surface area contributed by atoms with Crippen LogP contribution in [-0.4, -0.2) is 40.2 Å². The molecule has 5 nitrogen and oxygen atoms in total. The molecular weight excluding hydrogens is 333 g/mol. The molecule has 0 saturated carbocycles. The molecule has 2 aromatic rings. The summed E-state index contributed by atoms with van der Waals surface area (Å²) in [5.41, 5.74) is -0.134. The summed E-state index contributed by atoms with van der Waals surface area (Å²) in [5.74, 6) is 0.371. The molecule has 2 atom stereocenters. The smallest absolute Gasteiger partial charge is 0.372 e. The predicted octanol–water partition coefficient (Wildman–Crippen LogP) is 3.04. The van der Waals surface area contributed by atoms with Gasteiger partial charge in [0.05, 0.1) is 12.2 Å². The van der Waals surface area contributed by atoms with E-state index in [-0.39, 0.29) is 17.5 Å². The van der Waals surface area contributed by atoms with Crippen LogP contribution < -0.4 is 4.90 Å². The van der Waals surface area contributed by atoms with Crippen LogP contribution in [0.4, 0.5) is 19.1 Å². The van der Waals surface area contributed by atoms with Gasteiger partial charge >= 0.3 is 6.18 Å². The molecular formula is C17H17F3N4O. The minimum Gasteiger partial charge on any atom is -0.372 e. The zero-order valence-electron chi connectivity index (χ0n) is 13.4. The van der Waals surface area contributed by atoms with E-state index in [1.165, 1.54) is 0 Å². The summed E-state index contributed by atoms with van der Waals surface area (Å²) in [6.45, 7) is 1.69. The van der Waals surface area contributed by atoms with E-state index in [9.17, 15) is 13.2 Å². The Balaban J connectivity index is 1.49. The summed E-state index contributed by atoms with van der Waals surface area (Å²) in [6, 6.07) is 4.82. The van der Waals surface area contributed by atoms with Crippen LogP contribution in [0.25, 0.3) is 0 Å². The number of nitrogens with zero attached hydrogens (tertiary/aromatic N) is 4. The van der Waals surface area contributed by atoms with Gasteiger partial charge in [-0.25, -0.2) is 9.97 Å². The lowest BCUT2D eigenvalue weighted by atomic mass is 9.90. The Morgan fingerprint density at radius 2 is 2.12 bits per heavy atom. The first kappa shape index (κ1) is 16.3. The molecule has 4 rings (SSSR count). The Morgan fingerprint density at radius 3 is 2.88 bits per heavy atom. The lowest BCUT2D eigenvalue weighted by Crippen LogP contribution is -2.33. The monoisotopic (exact) mass is 350 g/mol. The first-order valence-corrected chi connectivity index (χ1v) is 8.14. The summed E-state index contributed by atoms with van der Waals surface area (Å²) >= 11 is 0. The number of halogens is 3. The maximum absolute atomic E-state index is 12.8. The van der Waals surface area contributed by atoms with E-state index in [1.807, 2.05) is 18.3 Å². The number of anilines is 1. The third-order valence-corrected chi connectivity index (χ3v) is 4.90. The van der Waals surface area contributed by atoms with E-state index in [1.54, 1.807) is 11.1 Å². The SMILES string of the molecule is FC(F)(F)c1ccnc(N2CCC3(CC(c4cccnc4)CO3)C2)n1. The topological polar surface area (TPSA) is 51.1 Å². The molecule has 0 amide bonds. The molecule has 4 heterocycles. The molecule has 25 heavy (non-hydrogen) atoms. The second kappa shape index (κ2) is 5.94. The maximum Gasteiger partial charge on any atom is 0.433 e. The first-order valence-electron chi connectivity index (χ1n) is 8.14. The highest BCUT2D eigenvalue weighted by Crippen LogP contribution is 2.42. The minimum atomic E-state index is -4.47. The van der Waals surface area contributed by atoms with Crippen molar-refractivity contribution in [3.8, 4) is 0 Å². The second-order valence-corrected chi connectivity index (χ2v) is 6.59. The quantitative estimate of drug-likeness (QED) is 0.833. The van der Waals surface area contributed by atoms with Crippen LogP contribution in [-0.2, 0) is 10.9 Å². The van der Waals surface area contributed by atoms with Gasteiger partial charge in [0.25, 0.3) is 0 Å². The van der Waals surface area contributed by atoms with Crippen LogP contribution in [0.1, 0.15) is 30.0 Å². The Bertz CT molecular complexity index is 755. The number of alkyl halides is 3. The Morgan fingerprint density at radius 1 is 1.24 bits per heavy atom. The largest absolute Gasteiger partial charge is 0.433 e. The highest BCUT2D eigenvalue weighted by molar-refractivity contribution is 5.35.